The molecule has 2 amide bonds. The SMILES string of the molecule is Cc1oc2ccccc2c1C(=O)N1CCC(C(N)=O)CC1. The first kappa shape index (κ1) is 13.7. The Morgan fingerprint density at radius 3 is 2.57 bits per heavy atom. The molecule has 0 saturated carbocycles. The normalized spacial score (nSPS) is 16.3. The highest BCUT2D eigenvalue weighted by atomic mass is 16.3. The number of benzene rings is 1. The second-order valence-electron chi connectivity index (χ2n) is 5.50. The van der Waals surface area contributed by atoms with Crippen LogP contribution >= 0.6 is 0 Å². The maximum absolute atomic E-state index is 12.7. The van der Waals surface area contributed by atoms with Crippen LogP contribution in [0.1, 0.15) is 29.0 Å². The van der Waals surface area contributed by atoms with Gasteiger partial charge in [0.15, 0.2) is 0 Å². The van der Waals surface area contributed by atoms with Crippen LogP contribution in [0.15, 0.2) is 28.7 Å². The number of rotatable bonds is 2. The summed E-state index contributed by atoms with van der Waals surface area (Å²) in [7, 11) is 0. The monoisotopic (exact) mass is 286 g/mol. The summed E-state index contributed by atoms with van der Waals surface area (Å²) in [5, 5.41) is 0.844. The van der Waals surface area contributed by atoms with Crippen molar-refractivity contribution in [1.29, 1.82) is 0 Å². The highest BCUT2D eigenvalue weighted by Crippen LogP contribution is 2.28. The quantitative estimate of drug-likeness (QED) is 0.918. The summed E-state index contributed by atoms with van der Waals surface area (Å²) in [6, 6.07) is 7.54. The van der Waals surface area contributed by atoms with Crippen molar-refractivity contribution in [2.45, 2.75) is 19.8 Å². The number of hydrogen-bond acceptors (Lipinski definition) is 3. The highest BCUT2D eigenvalue weighted by Gasteiger charge is 2.29. The largest absolute Gasteiger partial charge is 0.461 e. The van der Waals surface area contributed by atoms with Gasteiger partial charge in [0.25, 0.3) is 5.91 Å². The van der Waals surface area contributed by atoms with Gasteiger partial charge in [-0.2, -0.15) is 0 Å². The van der Waals surface area contributed by atoms with E-state index in [0.717, 1.165) is 11.0 Å². The van der Waals surface area contributed by atoms with Crippen molar-refractivity contribution in [1.82, 2.24) is 4.90 Å². The van der Waals surface area contributed by atoms with Crippen LogP contribution in [0.4, 0.5) is 0 Å². The molecule has 2 aromatic rings. The summed E-state index contributed by atoms with van der Waals surface area (Å²) in [5.74, 6) is 0.224. The molecule has 2 N–H and O–H groups in total. The fourth-order valence-corrected chi connectivity index (χ4v) is 2.96. The van der Waals surface area contributed by atoms with E-state index in [1.807, 2.05) is 31.2 Å². The lowest BCUT2D eigenvalue weighted by Gasteiger charge is -2.30. The number of carbonyl (C=O) groups excluding carboxylic acids is 2. The van der Waals surface area contributed by atoms with Gasteiger partial charge in [-0.1, -0.05) is 18.2 Å². The molecule has 1 saturated heterocycles. The molecule has 1 aliphatic rings. The average Bonchev–Trinajstić information content (AvgIpc) is 2.82. The third-order valence-corrected chi connectivity index (χ3v) is 4.17. The number of hydrogen-bond donors (Lipinski definition) is 1. The van der Waals surface area contributed by atoms with E-state index in [9.17, 15) is 9.59 Å². The van der Waals surface area contributed by atoms with Crippen LogP contribution in [0, 0.1) is 12.8 Å². The Morgan fingerprint density at radius 1 is 1.24 bits per heavy atom. The predicted octanol–water partition coefficient (Wildman–Crippen LogP) is 2.08. The zero-order chi connectivity index (χ0) is 15.0. The Kier molecular flexibility index (Phi) is 3.41. The molecule has 1 fully saturated rings. The van der Waals surface area contributed by atoms with E-state index in [-0.39, 0.29) is 17.7 Å². The van der Waals surface area contributed by atoms with Gasteiger partial charge in [0.05, 0.1) is 5.56 Å². The maximum Gasteiger partial charge on any atom is 0.258 e. The molecule has 0 bridgehead atoms. The highest BCUT2D eigenvalue weighted by molar-refractivity contribution is 6.07. The summed E-state index contributed by atoms with van der Waals surface area (Å²) >= 11 is 0. The molecule has 1 aliphatic heterocycles. The van der Waals surface area contributed by atoms with Crippen LogP contribution in [0.3, 0.4) is 0 Å². The van der Waals surface area contributed by atoms with Crippen LogP contribution < -0.4 is 5.73 Å². The molecule has 2 heterocycles. The van der Waals surface area contributed by atoms with Crippen molar-refractivity contribution in [3.05, 3.63) is 35.6 Å². The van der Waals surface area contributed by atoms with Crippen LogP contribution in [-0.4, -0.2) is 29.8 Å². The fraction of sp³-hybridized carbons (Fsp3) is 0.375. The first-order chi connectivity index (χ1) is 10.1. The molecule has 1 aromatic carbocycles. The first-order valence-corrected chi connectivity index (χ1v) is 7.14. The average molecular weight is 286 g/mol. The lowest BCUT2D eigenvalue weighted by atomic mass is 9.95. The van der Waals surface area contributed by atoms with Crippen molar-refractivity contribution >= 4 is 22.8 Å². The summed E-state index contributed by atoms with van der Waals surface area (Å²) in [6.45, 7) is 2.93. The summed E-state index contributed by atoms with van der Waals surface area (Å²) < 4.78 is 5.65. The molecule has 3 rings (SSSR count). The number of aryl methyl sites for hydroxylation is 1. The summed E-state index contributed by atoms with van der Waals surface area (Å²) in [6.07, 6.45) is 1.27. The molecule has 0 atom stereocenters. The minimum atomic E-state index is -0.271. The van der Waals surface area contributed by atoms with E-state index in [0.29, 0.717) is 37.3 Å². The first-order valence-electron chi connectivity index (χ1n) is 7.14. The van der Waals surface area contributed by atoms with Gasteiger partial charge in [-0.3, -0.25) is 9.59 Å². The molecule has 0 radical (unpaired) electrons. The second kappa shape index (κ2) is 5.24. The maximum atomic E-state index is 12.7. The van der Waals surface area contributed by atoms with Gasteiger partial charge in [-0.25, -0.2) is 0 Å². The lowest BCUT2D eigenvalue weighted by molar-refractivity contribution is -0.123. The molecule has 1 aromatic heterocycles. The minimum absolute atomic E-state index is 0.0274. The van der Waals surface area contributed by atoms with Crippen LogP contribution in [0.25, 0.3) is 11.0 Å². The minimum Gasteiger partial charge on any atom is -0.461 e. The number of nitrogens with zero attached hydrogens (tertiary/aromatic N) is 1. The molecular formula is C16H18N2O3. The summed E-state index contributed by atoms with van der Waals surface area (Å²) in [5.41, 5.74) is 6.68. The van der Waals surface area contributed by atoms with Crippen molar-refractivity contribution in [3.63, 3.8) is 0 Å². The number of primary amides is 1. The Bertz CT molecular complexity index is 697. The molecule has 5 nitrogen and oxygen atoms in total. The number of para-hydroxylation sites is 1. The third-order valence-electron chi connectivity index (χ3n) is 4.17. The van der Waals surface area contributed by atoms with Gasteiger partial charge in [0, 0.05) is 24.4 Å². The topological polar surface area (TPSA) is 76.5 Å². The van der Waals surface area contributed by atoms with E-state index >= 15 is 0 Å². The summed E-state index contributed by atoms with van der Waals surface area (Å²) in [4.78, 5) is 25.7. The van der Waals surface area contributed by atoms with E-state index in [4.69, 9.17) is 10.2 Å². The molecule has 110 valence electrons. The number of carbonyl (C=O) groups is 2. The van der Waals surface area contributed by atoms with E-state index in [1.54, 1.807) is 4.90 Å². The number of piperidine rings is 1. The smallest absolute Gasteiger partial charge is 0.258 e. The van der Waals surface area contributed by atoms with E-state index < -0.39 is 0 Å². The zero-order valence-corrected chi connectivity index (χ0v) is 12.0. The molecule has 21 heavy (non-hydrogen) atoms. The lowest BCUT2D eigenvalue weighted by Crippen LogP contribution is -2.41. The Morgan fingerprint density at radius 2 is 1.90 bits per heavy atom. The number of furan rings is 1. The van der Waals surface area contributed by atoms with E-state index in [1.165, 1.54) is 0 Å². The number of amides is 2. The van der Waals surface area contributed by atoms with Crippen LogP contribution in [-0.2, 0) is 4.79 Å². The van der Waals surface area contributed by atoms with Gasteiger partial charge in [0.2, 0.25) is 5.91 Å². The molecular weight excluding hydrogens is 268 g/mol. The van der Waals surface area contributed by atoms with Gasteiger partial charge < -0.3 is 15.1 Å². The van der Waals surface area contributed by atoms with Gasteiger partial charge >= 0.3 is 0 Å². The second-order valence-corrected chi connectivity index (χ2v) is 5.50. The Labute approximate surface area is 122 Å². The standard InChI is InChI=1S/C16H18N2O3/c1-10-14(12-4-2-3-5-13(12)21-10)16(20)18-8-6-11(7-9-18)15(17)19/h2-5,11H,6-9H2,1H3,(H2,17,19). The number of likely N-dealkylation sites (tertiary alicyclic amines) is 1. The molecule has 5 heteroatoms. The molecule has 0 unspecified atom stereocenters. The van der Waals surface area contributed by atoms with Crippen molar-refractivity contribution in [2.24, 2.45) is 11.7 Å². The number of nitrogens with two attached hydrogens (primary N) is 1. The Balaban J connectivity index is 1.85. The predicted molar refractivity (Wildman–Crippen MR) is 78.8 cm³/mol. The van der Waals surface area contributed by atoms with Gasteiger partial charge in [-0.05, 0) is 25.8 Å². The molecule has 0 spiro atoms. The third kappa shape index (κ3) is 2.39. The van der Waals surface area contributed by atoms with Crippen molar-refractivity contribution in [2.75, 3.05) is 13.1 Å². The zero-order valence-electron chi connectivity index (χ0n) is 12.0. The van der Waals surface area contributed by atoms with Crippen LogP contribution in [0.5, 0.6) is 0 Å². The van der Waals surface area contributed by atoms with Gasteiger partial charge in [0.1, 0.15) is 11.3 Å². The number of fused-ring (bicyclic) bond motifs is 1. The van der Waals surface area contributed by atoms with Gasteiger partial charge in [-0.15, -0.1) is 0 Å². The van der Waals surface area contributed by atoms with E-state index in [2.05, 4.69) is 0 Å². The fourth-order valence-electron chi connectivity index (χ4n) is 2.96. The van der Waals surface area contributed by atoms with Crippen molar-refractivity contribution < 1.29 is 14.0 Å². The van der Waals surface area contributed by atoms with Crippen molar-refractivity contribution in [3.8, 4) is 0 Å². The van der Waals surface area contributed by atoms with Crippen LogP contribution in [0.2, 0.25) is 0 Å². The molecule has 0 aliphatic carbocycles. The Hall–Kier alpha value is -2.30.